The van der Waals surface area contributed by atoms with Crippen molar-refractivity contribution in [3.8, 4) is 0 Å². The lowest BCUT2D eigenvalue weighted by atomic mass is 10.1. The molecule has 0 bridgehead atoms. The molecular weight excluding hydrogens is 324 g/mol. The van der Waals surface area contributed by atoms with E-state index in [0.717, 1.165) is 11.1 Å². The minimum atomic E-state index is -0.130. The van der Waals surface area contributed by atoms with Crippen molar-refractivity contribution in [3.05, 3.63) is 89.4 Å². The highest BCUT2D eigenvalue weighted by Crippen LogP contribution is 2.11. The summed E-state index contributed by atoms with van der Waals surface area (Å²) in [6.45, 7) is 3.24. The minimum Gasteiger partial charge on any atom is -0.366 e. The zero-order valence-corrected chi connectivity index (χ0v) is 15.0. The zero-order chi connectivity index (χ0) is 18.4. The van der Waals surface area contributed by atoms with Gasteiger partial charge in [-0.2, -0.15) is 0 Å². The molecule has 5 heteroatoms. The van der Waals surface area contributed by atoms with Crippen molar-refractivity contribution in [1.29, 1.82) is 0 Å². The third kappa shape index (κ3) is 4.66. The van der Waals surface area contributed by atoms with E-state index in [1.54, 1.807) is 18.0 Å². The van der Waals surface area contributed by atoms with Gasteiger partial charge >= 0.3 is 0 Å². The summed E-state index contributed by atoms with van der Waals surface area (Å²) in [6, 6.07) is 19.9. The van der Waals surface area contributed by atoms with Crippen LogP contribution in [-0.4, -0.2) is 27.8 Å². The second-order valence-electron chi connectivity index (χ2n) is 6.27. The Bertz CT molecular complexity index is 863. The molecule has 0 aliphatic heterocycles. The fourth-order valence-electron chi connectivity index (χ4n) is 2.59. The number of anilines is 1. The Kier molecular flexibility index (Phi) is 5.59. The lowest BCUT2D eigenvalue weighted by Gasteiger charge is -2.17. The highest BCUT2D eigenvalue weighted by Gasteiger charge is 2.14. The van der Waals surface area contributed by atoms with E-state index in [4.69, 9.17) is 0 Å². The van der Waals surface area contributed by atoms with Crippen LogP contribution in [0.5, 0.6) is 0 Å². The third-order valence-electron chi connectivity index (χ3n) is 4.09. The SMILES string of the molecule is Cc1ccc(CNc2cc(C(=O)N(C)Cc3ccccc3)ncn2)cc1. The van der Waals surface area contributed by atoms with Gasteiger partial charge in [-0.15, -0.1) is 0 Å². The zero-order valence-electron chi connectivity index (χ0n) is 15.0. The maximum absolute atomic E-state index is 12.6. The Morgan fingerprint density at radius 3 is 2.46 bits per heavy atom. The lowest BCUT2D eigenvalue weighted by Crippen LogP contribution is -2.27. The summed E-state index contributed by atoms with van der Waals surface area (Å²) < 4.78 is 0. The van der Waals surface area contributed by atoms with Crippen molar-refractivity contribution in [2.75, 3.05) is 12.4 Å². The van der Waals surface area contributed by atoms with E-state index in [-0.39, 0.29) is 5.91 Å². The second kappa shape index (κ2) is 8.25. The van der Waals surface area contributed by atoms with Gasteiger partial charge in [-0.1, -0.05) is 60.2 Å². The monoisotopic (exact) mass is 346 g/mol. The molecule has 1 amide bonds. The van der Waals surface area contributed by atoms with Gasteiger partial charge in [-0.05, 0) is 18.1 Å². The molecule has 0 fully saturated rings. The number of hydrogen-bond acceptors (Lipinski definition) is 4. The van der Waals surface area contributed by atoms with Crippen molar-refractivity contribution in [2.24, 2.45) is 0 Å². The first-order valence-corrected chi connectivity index (χ1v) is 8.52. The fourth-order valence-corrected chi connectivity index (χ4v) is 2.59. The summed E-state index contributed by atoms with van der Waals surface area (Å²) in [5, 5.41) is 3.24. The number of carbonyl (C=O) groups excluding carboxylic acids is 1. The minimum absolute atomic E-state index is 0.130. The molecule has 0 saturated carbocycles. The van der Waals surface area contributed by atoms with Crippen LogP contribution in [0.1, 0.15) is 27.2 Å². The number of rotatable bonds is 6. The Morgan fingerprint density at radius 2 is 1.73 bits per heavy atom. The Morgan fingerprint density at radius 1 is 1.00 bits per heavy atom. The molecule has 3 rings (SSSR count). The van der Waals surface area contributed by atoms with E-state index in [2.05, 4.69) is 46.5 Å². The van der Waals surface area contributed by atoms with Crippen LogP contribution in [0.2, 0.25) is 0 Å². The summed E-state index contributed by atoms with van der Waals surface area (Å²) in [4.78, 5) is 22.6. The smallest absolute Gasteiger partial charge is 0.272 e. The fraction of sp³-hybridized carbons (Fsp3) is 0.190. The van der Waals surface area contributed by atoms with Crippen LogP contribution in [0.3, 0.4) is 0 Å². The summed E-state index contributed by atoms with van der Waals surface area (Å²) >= 11 is 0. The van der Waals surface area contributed by atoms with Gasteiger partial charge in [0.25, 0.3) is 5.91 Å². The normalized spacial score (nSPS) is 10.4. The van der Waals surface area contributed by atoms with Crippen LogP contribution in [0.4, 0.5) is 5.82 Å². The molecule has 0 aliphatic rings. The average molecular weight is 346 g/mol. The molecule has 1 heterocycles. The maximum atomic E-state index is 12.6. The number of amides is 1. The predicted octanol–water partition coefficient (Wildman–Crippen LogP) is 3.67. The number of aryl methyl sites for hydroxylation is 1. The van der Waals surface area contributed by atoms with E-state index < -0.39 is 0 Å². The lowest BCUT2D eigenvalue weighted by molar-refractivity contribution is 0.0779. The molecule has 1 aromatic heterocycles. The Labute approximate surface area is 153 Å². The second-order valence-corrected chi connectivity index (χ2v) is 6.27. The number of nitrogens with one attached hydrogen (secondary N) is 1. The summed E-state index contributed by atoms with van der Waals surface area (Å²) in [7, 11) is 1.77. The number of hydrogen-bond donors (Lipinski definition) is 1. The Balaban J connectivity index is 1.64. The summed E-state index contributed by atoms with van der Waals surface area (Å²) in [5.74, 6) is 0.506. The van der Waals surface area contributed by atoms with Gasteiger partial charge in [0.05, 0.1) is 0 Å². The van der Waals surface area contributed by atoms with Crippen LogP contribution >= 0.6 is 0 Å². The molecule has 26 heavy (non-hydrogen) atoms. The van der Waals surface area contributed by atoms with Crippen molar-refractivity contribution in [1.82, 2.24) is 14.9 Å². The molecule has 5 nitrogen and oxygen atoms in total. The van der Waals surface area contributed by atoms with E-state index in [0.29, 0.717) is 24.6 Å². The van der Waals surface area contributed by atoms with Crippen LogP contribution in [0.15, 0.2) is 67.0 Å². The van der Waals surface area contributed by atoms with Crippen LogP contribution < -0.4 is 5.32 Å². The maximum Gasteiger partial charge on any atom is 0.272 e. The van der Waals surface area contributed by atoms with E-state index in [9.17, 15) is 4.79 Å². The molecule has 0 spiro atoms. The quantitative estimate of drug-likeness (QED) is 0.740. The molecule has 0 aliphatic carbocycles. The first kappa shape index (κ1) is 17.6. The van der Waals surface area contributed by atoms with Crippen LogP contribution in [0, 0.1) is 6.92 Å². The van der Waals surface area contributed by atoms with Crippen molar-refractivity contribution in [2.45, 2.75) is 20.0 Å². The van der Waals surface area contributed by atoms with Gasteiger partial charge < -0.3 is 10.2 Å². The van der Waals surface area contributed by atoms with Crippen LogP contribution in [0.25, 0.3) is 0 Å². The van der Waals surface area contributed by atoms with Crippen molar-refractivity contribution >= 4 is 11.7 Å². The molecule has 132 valence electrons. The largest absolute Gasteiger partial charge is 0.366 e. The first-order valence-electron chi connectivity index (χ1n) is 8.52. The Hall–Kier alpha value is -3.21. The van der Waals surface area contributed by atoms with Crippen LogP contribution in [-0.2, 0) is 13.1 Å². The molecule has 0 unspecified atom stereocenters. The van der Waals surface area contributed by atoms with Gasteiger partial charge in [-0.25, -0.2) is 9.97 Å². The summed E-state index contributed by atoms with van der Waals surface area (Å²) in [5.41, 5.74) is 3.84. The van der Waals surface area contributed by atoms with Crippen molar-refractivity contribution in [3.63, 3.8) is 0 Å². The first-order chi connectivity index (χ1) is 12.6. The molecule has 2 aromatic carbocycles. The number of aromatic nitrogens is 2. The topological polar surface area (TPSA) is 58.1 Å². The van der Waals surface area contributed by atoms with Gasteiger partial charge in [0.1, 0.15) is 17.8 Å². The predicted molar refractivity (Wildman–Crippen MR) is 103 cm³/mol. The number of benzene rings is 2. The van der Waals surface area contributed by atoms with E-state index in [1.165, 1.54) is 11.9 Å². The van der Waals surface area contributed by atoms with Gasteiger partial charge in [-0.3, -0.25) is 4.79 Å². The average Bonchev–Trinajstić information content (AvgIpc) is 2.68. The summed E-state index contributed by atoms with van der Waals surface area (Å²) in [6.07, 6.45) is 1.42. The number of carbonyl (C=O) groups is 1. The molecule has 1 N–H and O–H groups in total. The van der Waals surface area contributed by atoms with Gasteiger partial charge in [0.2, 0.25) is 0 Å². The third-order valence-corrected chi connectivity index (χ3v) is 4.09. The molecule has 0 saturated heterocycles. The highest BCUT2D eigenvalue weighted by atomic mass is 16.2. The van der Waals surface area contributed by atoms with Gasteiger partial charge in [0.15, 0.2) is 0 Å². The molecule has 3 aromatic rings. The molecule has 0 atom stereocenters. The van der Waals surface area contributed by atoms with E-state index in [1.807, 2.05) is 30.3 Å². The highest BCUT2D eigenvalue weighted by molar-refractivity contribution is 5.92. The molecular formula is C21H22N4O. The number of nitrogens with zero attached hydrogens (tertiary/aromatic N) is 3. The van der Waals surface area contributed by atoms with Gasteiger partial charge in [0, 0.05) is 26.2 Å². The standard InChI is InChI=1S/C21H22N4O/c1-16-8-10-17(11-9-16)13-22-20-12-19(23-15-24-20)21(26)25(2)14-18-6-4-3-5-7-18/h3-12,15H,13-14H2,1-2H3,(H,22,23,24). The van der Waals surface area contributed by atoms with E-state index >= 15 is 0 Å². The van der Waals surface area contributed by atoms with Crippen molar-refractivity contribution < 1.29 is 4.79 Å². The molecule has 0 radical (unpaired) electrons.